The molecule has 1 fully saturated rings. The highest BCUT2D eigenvalue weighted by molar-refractivity contribution is 6.39. The highest BCUT2D eigenvalue weighted by Gasteiger charge is 2.33. The number of nitrogens with zero attached hydrogens (tertiary/aromatic N) is 4. The van der Waals surface area contributed by atoms with Crippen molar-refractivity contribution in [3.05, 3.63) is 50.7 Å². The van der Waals surface area contributed by atoms with Crippen LogP contribution in [0.25, 0.3) is 16.7 Å². The summed E-state index contributed by atoms with van der Waals surface area (Å²) in [6.07, 6.45) is 4.77. The average molecular weight is 377 g/mol. The molecule has 1 saturated carbocycles. The molecule has 1 aromatic carbocycles. The quantitative estimate of drug-likeness (QED) is 0.725. The van der Waals surface area contributed by atoms with Crippen LogP contribution < -0.4 is 17.0 Å². The molecule has 4 N–H and O–H groups in total. The van der Waals surface area contributed by atoms with Crippen LogP contribution in [-0.2, 0) is 0 Å². The lowest BCUT2D eigenvalue weighted by molar-refractivity contribution is 0.571. The Balaban J connectivity index is 2.09. The van der Waals surface area contributed by atoms with Crippen molar-refractivity contribution in [1.29, 1.82) is 0 Å². The van der Waals surface area contributed by atoms with Crippen LogP contribution in [0.2, 0.25) is 10.0 Å². The fourth-order valence-electron chi connectivity index (χ4n) is 2.79. The maximum Gasteiger partial charge on any atom is 0.268 e. The largest absolute Gasteiger partial charge is 0.382 e. The summed E-state index contributed by atoms with van der Waals surface area (Å²) < 4.78 is 1.35. The van der Waals surface area contributed by atoms with Gasteiger partial charge in [0.25, 0.3) is 5.56 Å². The highest BCUT2D eigenvalue weighted by Crippen LogP contribution is 2.39. The van der Waals surface area contributed by atoms with Gasteiger partial charge in [-0.2, -0.15) is 0 Å². The van der Waals surface area contributed by atoms with Crippen molar-refractivity contribution < 1.29 is 0 Å². The molecule has 0 radical (unpaired) electrons. The first-order chi connectivity index (χ1) is 12.0. The van der Waals surface area contributed by atoms with Crippen LogP contribution in [0.3, 0.4) is 0 Å². The van der Waals surface area contributed by atoms with Crippen LogP contribution in [0.5, 0.6) is 0 Å². The Bertz CT molecular complexity index is 1030. The van der Waals surface area contributed by atoms with E-state index in [1.807, 2.05) is 0 Å². The fourth-order valence-corrected chi connectivity index (χ4v) is 3.23. The maximum atomic E-state index is 13.2. The summed E-state index contributed by atoms with van der Waals surface area (Å²) in [5.74, 6) is 1.20. The van der Waals surface area contributed by atoms with Crippen molar-refractivity contribution in [3.63, 3.8) is 0 Å². The predicted molar refractivity (Wildman–Crippen MR) is 97.0 cm³/mol. The number of rotatable bonds is 3. The molecule has 1 aliphatic carbocycles. The summed E-state index contributed by atoms with van der Waals surface area (Å²) in [5, 5.41) is 0.830. The van der Waals surface area contributed by atoms with E-state index in [9.17, 15) is 4.79 Å². The zero-order chi connectivity index (χ0) is 17.7. The molecule has 1 aliphatic rings. The predicted octanol–water partition coefficient (Wildman–Crippen LogP) is 2.47. The number of fused-ring (bicyclic) bond motifs is 1. The first-order valence-corrected chi connectivity index (χ1v) is 8.47. The van der Waals surface area contributed by atoms with Crippen molar-refractivity contribution in [2.24, 2.45) is 11.7 Å². The molecule has 7 nitrogen and oxygen atoms in total. The van der Waals surface area contributed by atoms with Gasteiger partial charge in [0.1, 0.15) is 11.6 Å². The van der Waals surface area contributed by atoms with E-state index in [2.05, 4.69) is 15.0 Å². The number of halogens is 2. The molecular weight excluding hydrogens is 363 g/mol. The average Bonchev–Trinajstić information content (AvgIpc) is 3.43. The number of aromatic nitrogens is 4. The van der Waals surface area contributed by atoms with Gasteiger partial charge in [0.15, 0.2) is 5.82 Å². The number of hydrogen-bond acceptors (Lipinski definition) is 6. The molecule has 2 heterocycles. The van der Waals surface area contributed by atoms with Crippen LogP contribution in [-0.4, -0.2) is 19.5 Å². The normalized spacial score (nSPS) is 15.5. The second-order valence-corrected chi connectivity index (χ2v) is 6.84. The van der Waals surface area contributed by atoms with Gasteiger partial charge in [-0.25, -0.2) is 19.5 Å². The molecule has 0 bridgehead atoms. The van der Waals surface area contributed by atoms with E-state index in [0.29, 0.717) is 16.4 Å². The maximum absolute atomic E-state index is 13.2. The molecule has 0 saturated heterocycles. The lowest BCUT2D eigenvalue weighted by Crippen LogP contribution is -2.30. The van der Waals surface area contributed by atoms with Crippen molar-refractivity contribution in [1.82, 2.24) is 19.5 Å². The minimum Gasteiger partial charge on any atom is -0.382 e. The second kappa shape index (κ2) is 5.94. The zero-order valence-corrected chi connectivity index (χ0v) is 14.5. The van der Waals surface area contributed by atoms with Crippen molar-refractivity contribution in [2.45, 2.75) is 18.9 Å². The van der Waals surface area contributed by atoms with E-state index in [1.165, 1.54) is 17.0 Å². The van der Waals surface area contributed by atoms with Crippen LogP contribution in [0, 0.1) is 5.92 Å². The molecular formula is C16H14Cl2N6O. The molecule has 25 heavy (non-hydrogen) atoms. The number of hydrogen-bond donors (Lipinski definition) is 2. The number of nitrogen functional groups attached to an aromatic ring is 1. The summed E-state index contributed by atoms with van der Waals surface area (Å²) in [7, 11) is 0. The number of anilines is 1. The molecule has 1 atom stereocenters. The third kappa shape index (κ3) is 2.74. The Morgan fingerprint density at radius 3 is 2.52 bits per heavy atom. The molecule has 128 valence electrons. The van der Waals surface area contributed by atoms with Crippen LogP contribution >= 0.6 is 23.2 Å². The molecule has 4 rings (SSSR count). The van der Waals surface area contributed by atoms with Gasteiger partial charge < -0.3 is 11.5 Å². The van der Waals surface area contributed by atoms with Gasteiger partial charge in [-0.15, -0.1) is 0 Å². The Labute approximate surface area is 152 Å². The molecule has 1 unspecified atom stereocenters. The molecule has 9 heteroatoms. The summed E-state index contributed by atoms with van der Waals surface area (Å²) in [4.78, 5) is 26.0. The number of benzene rings is 1. The number of nitrogens with two attached hydrogens (primary N) is 2. The lowest BCUT2D eigenvalue weighted by atomic mass is 10.1. The Hall–Kier alpha value is -2.22. The van der Waals surface area contributed by atoms with Crippen LogP contribution in [0.4, 0.5) is 5.82 Å². The van der Waals surface area contributed by atoms with E-state index in [0.717, 1.165) is 12.8 Å². The summed E-state index contributed by atoms with van der Waals surface area (Å²) >= 11 is 12.5. The van der Waals surface area contributed by atoms with Gasteiger partial charge in [0.2, 0.25) is 0 Å². The summed E-state index contributed by atoms with van der Waals surface area (Å²) in [6, 6.07) is 2.76. The third-order valence-electron chi connectivity index (χ3n) is 4.27. The molecule has 0 aliphatic heterocycles. The van der Waals surface area contributed by atoms with Crippen molar-refractivity contribution in [2.75, 3.05) is 5.73 Å². The van der Waals surface area contributed by atoms with Gasteiger partial charge in [-0.3, -0.25) is 4.79 Å². The Morgan fingerprint density at radius 1 is 1.16 bits per heavy atom. The van der Waals surface area contributed by atoms with Gasteiger partial charge >= 0.3 is 0 Å². The lowest BCUT2D eigenvalue weighted by Gasteiger charge is -2.18. The minimum atomic E-state index is -0.411. The first-order valence-electron chi connectivity index (χ1n) is 7.71. The van der Waals surface area contributed by atoms with E-state index in [4.69, 9.17) is 34.7 Å². The second-order valence-electron chi connectivity index (χ2n) is 6.03. The Morgan fingerprint density at radius 2 is 1.88 bits per heavy atom. The van der Waals surface area contributed by atoms with E-state index in [-0.39, 0.29) is 33.5 Å². The van der Waals surface area contributed by atoms with Gasteiger partial charge in [0, 0.05) is 0 Å². The Kier molecular flexibility index (Phi) is 3.87. The molecule has 0 amide bonds. The fraction of sp³-hybridized carbons (Fsp3) is 0.250. The molecule has 3 aromatic rings. The van der Waals surface area contributed by atoms with Crippen LogP contribution in [0.15, 0.2) is 29.3 Å². The van der Waals surface area contributed by atoms with Gasteiger partial charge in [0.05, 0.1) is 39.4 Å². The van der Waals surface area contributed by atoms with Crippen molar-refractivity contribution >= 4 is 39.9 Å². The smallest absolute Gasteiger partial charge is 0.268 e. The molecule has 0 spiro atoms. The monoisotopic (exact) mass is 376 g/mol. The van der Waals surface area contributed by atoms with E-state index in [1.54, 1.807) is 12.1 Å². The van der Waals surface area contributed by atoms with Crippen LogP contribution in [0.1, 0.15) is 24.7 Å². The van der Waals surface area contributed by atoms with Gasteiger partial charge in [-0.1, -0.05) is 23.2 Å². The summed E-state index contributed by atoms with van der Waals surface area (Å²) in [5.41, 5.74) is 11.9. The first kappa shape index (κ1) is 16.3. The summed E-state index contributed by atoms with van der Waals surface area (Å²) in [6.45, 7) is 0. The van der Waals surface area contributed by atoms with E-state index >= 15 is 0 Å². The minimum absolute atomic E-state index is 0.222. The topological polar surface area (TPSA) is 113 Å². The third-order valence-corrected chi connectivity index (χ3v) is 4.89. The zero-order valence-electron chi connectivity index (χ0n) is 13.0. The van der Waals surface area contributed by atoms with Gasteiger partial charge in [-0.05, 0) is 30.9 Å². The SMILES string of the molecule is Nc1cnc(-n2c(C(N)C3CC3)nc3c(Cl)ccc(Cl)c3c2=O)cn1. The van der Waals surface area contributed by atoms with Crippen molar-refractivity contribution in [3.8, 4) is 5.82 Å². The molecule has 2 aromatic heterocycles. The van der Waals surface area contributed by atoms with E-state index < -0.39 is 6.04 Å². The highest BCUT2D eigenvalue weighted by atomic mass is 35.5. The standard InChI is InChI=1S/C16H14Cl2N6O/c17-8-3-4-9(18)14-12(8)16(25)24(11-6-21-10(19)5-22-11)15(23-14)13(20)7-1-2-7/h3-7,13H,1-2,20H2,(H2,19,21).